The molecule has 0 atom stereocenters. The van der Waals surface area contributed by atoms with Gasteiger partial charge in [-0.05, 0) is 12.3 Å². The number of methoxy groups -OCH3 is 1. The van der Waals surface area contributed by atoms with Gasteiger partial charge in [0.2, 0.25) is 0 Å². The van der Waals surface area contributed by atoms with Crippen molar-refractivity contribution >= 4 is 22.4 Å². The first-order valence-corrected chi connectivity index (χ1v) is 7.91. The van der Waals surface area contributed by atoms with Crippen LogP contribution in [0.15, 0.2) is 5.38 Å². The Morgan fingerprint density at radius 2 is 2.32 bits per heavy atom. The van der Waals surface area contributed by atoms with Crippen molar-refractivity contribution in [2.75, 3.05) is 19.0 Å². The smallest absolute Gasteiger partial charge is 0.305 e. The number of hydrogen-bond donors (Lipinski definition) is 1. The Hall–Kier alpha value is -1.10. The Morgan fingerprint density at radius 1 is 1.53 bits per heavy atom. The molecule has 1 fully saturated rings. The minimum atomic E-state index is -0.177. The molecule has 0 unspecified atom stereocenters. The average molecular weight is 282 g/mol. The summed E-state index contributed by atoms with van der Waals surface area (Å²) in [5, 5.41) is 6.37. The number of esters is 1. The molecular weight excluding hydrogens is 260 g/mol. The molecule has 4 nitrogen and oxygen atoms in total. The highest BCUT2D eigenvalue weighted by Gasteiger charge is 2.14. The number of carbonyl (C=O) groups excluding carboxylic acids is 1. The van der Waals surface area contributed by atoms with Crippen molar-refractivity contribution in [3.8, 4) is 0 Å². The van der Waals surface area contributed by atoms with E-state index in [9.17, 15) is 4.79 Å². The van der Waals surface area contributed by atoms with Crippen LogP contribution in [-0.4, -0.2) is 24.6 Å². The van der Waals surface area contributed by atoms with Crippen molar-refractivity contribution in [1.82, 2.24) is 4.98 Å². The fourth-order valence-corrected chi connectivity index (χ4v) is 3.29. The number of anilines is 1. The summed E-state index contributed by atoms with van der Waals surface area (Å²) in [5.74, 6) is 0.731. The van der Waals surface area contributed by atoms with Gasteiger partial charge in [-0.2, -0.15) is 0 Å². The number of thiazole rings is 1. The highest BCUT2D eigenvalue weighted by molar-refractivity contribution is 7.13. The van der Waals surface area contributed by atoms with E-state index in [1.165, 1.54) is 39.2 Å². The zero-order valence-corrected chi connectivity index (χ0v) is 12.3. The lowest BCUT2D eigenvalue weighted by Gasteiger charge is -2.08. The van der Waals surface area contributed by atoms with E-state index in [1.54, 1.807) is 11.3 Å². The van der Waals surface area contributed by atoms with Crippen LogP contribution in [0, 0.1) is 5.92 Å². The van der Waals surface area contributed by atoms with E-state index in [1.807, 2.05) is 5.38 Å². The monoisotopic (exact) mass is 282 g/mol. The Morgan fingerprint density at radius 3 is 3.05 bits per heavy atom. The number of ether oxygens (including phenoxy) is 1. The summed E-state index contributed by atoms with van der Waals surface area (Å²) < 4.78 is 4.62. The van der Waals surface area contributed by atoms with Crippen molar-refractivity contribution < 1.29 is 9.53 Å². The summed E-state index contributed by atoms with van der Waals surface area (Å²) in [5.41, 5.74) is 0.971. The fraction of sp³-hybridized carbons (Fsp3) is 0.714. The van der Waals surface area contributed by atoms with Crippen molar-refractivity contribution in [3.63, 3.8) is 0 Å². The number of hydrogen-bond acceptors (Lipinski definition) is 5. The van der Waals surface area contributed by atoms with Crippen LogP contribution in [0.25, 0.3) is 0 Å². The summed E-state index contributed by atoms with van der Waals surface area (Å²) in [6.45, 7) is 1.01. The Balaban J connectivity index is 1.66. The van der Waals surface area contributed by atoms with Crippen LogP contribution < -0.4 is 5.32 Å². The molecule has 0 bridgehead atoms. The third-order valence-corrected chi connectivity index (χ3v) is 4.52. The van der Waals surface area contributed by atoms with E-state index in [0.29, 0.717) is 12.8 Å². The lowest BCUT2D eigenvalue weighted by atomic mass is 10.0. The summed E-state index contributed by atoms with van der Waals surface area (Å²) in [4.78, 5) is 15.5. The van der Waals surface area contributed by atoms with E-state index < -0.39 is 0 Å². The highest BCUT2D eigenvalue weighted by atomic mass is 32.1. The molecule has 5 heteroatoms. The van der Waals surface area contributed by atoms with E-state index >= 15 is 0 Å². The first kappa shape index (κ1) is 14.3. The van der Waals surface area contributed by atoms with Gasteiger partial charge in [0.25, 0.3) is 0 Å². The fourth-order valence-electron chi connectivity index (χ4n) is 2.52. The van der Waals surface area contributed by atoms with Gasteiger partial charge in [0.1, 0.15) is 0 Å². The quantitative estimate of drug-likeness (QED) is 0.780. The van der Waals surface area contributed by atoms with Crippen LogP contribution in [0.1, 0.15) is 44.2 Å². The second-order valence-electron chi connectivity index (χ2n) is 5.09. The molecule has 106 valence electrons. The molecule has 0 aliphatic heterocycles. The number of rotatable bonds is 7. The number of nitrogens with zero attached hydrogens (tertiary/aromatic N) is 1. The third-order valence-electron chi connectivity index (χ3n) is 3.67. The Labute approximate surface area is 118 Å². The number of aryl methyl sites for hydroxylation is 1. The second kappa shape index (κ2) is 7.48. The molecule has 1 aromatic heterocycles. The molecule has 19 heavy (non-hydrogen) atoms. The first-order valence-electron chi connectivity index (χ1n) is 7.03. The van der Waals surface area contributed by atoms with E-state index in [-0.39, 0.29) is 5.97 Å². The standard InChI is InChI=1S/C14H22N2O2S/c1-18-13(17)7-6-12-10-19-14(16-12)15-9-8-11-4-2-3-5-11/h10-11H,2-9H2,1H3,(H,15,16). The third kappa shape index (κ3) is 4.82. The van der Waals surface area contributed by atoms with Crippen LogP contribution in [0.3, 0.4) is 0 Å². The van der Waals surface area contributed by atoms with Crippen molar-refractivity contribution in [1.29, 1.82) is 0 Å². The molecule has 2 rings (SSSR count). The Kier molecular flexibility index (Phi) is 5.63. The van der Waals surface area contributed by atoms with Gasteiger partial charge in [0, 0.05) is 18.3 Å². The lowest BCUT2D eigenvalue weighted by Crippen LogP contribution is -2.06. The van der Waals surface area contributed by atoms with Crippen molar-refractivity contribution in [2.45, 2.75) is 44.9 Å². The summed E-state index contributed by atoms with van der Waals surface area (Å²) >= 11 is 1.62. The van der Waals surface area contributed by atoms with Crippen LogP contribution >= 0.6 is 11.3 Å². The zero-order valence-electron chi connectivity index (χ0n) is 11.5. The van der Waals surface area contributed by atoms with Gasteiger partial charge >= 0.3 is 5.97 Å². The van der Waals surface area contributed by atoms with Crippen molar-refractivity contribution in [2.24, 2.45) is 5.92 Å². The van der Waals surface area contributed by atoms with Crippen LogP contribution in [0.4, 0.5) is 5.13 Å². The lowest BCUT2D eigenvalue weighted by molar-refractivity contribution is -0.140. The zero-order chi connectivity index (χ0) is 13.5. The molecule has 0 radical (unpaired) electrons. The maximum absolute atomic E-state index is 11.0. The largest absolute Gasteiger partial charge is 0.469 e. The van der Waals surface area contributed by atoms with Gasteiger partial charge in [-0.15, -0.1) is 11.3 Å². The van der Waals surface area contributed by atoms with Gasteiger partial charge in [-0.3, -0.25) is 4.79 Å². The molecule has 0 saturated heterocycles. The highest BCUT2D eigenvalue weighted by Crippen LogP contribution is 2.27. The molecule has 1 aliphatic carbocycles. The molecule has 1 saturated carbocycles. The molecular formula is C14H22N2O2S. The van der Waals surface area contributed by atoms with E-state index in [4.69, 9.17) is 0 Å². The summed E-state index contributed by atoms with van der Waals surface area (Å²) in [7, 11) is 1.42. The van der Waals surface area contributed by atoms with Crippen LogP contribution in [0.2, 0.25) is 0 Å². The summed E-state index contributed by atoms with van der Waals surface area (Å²) in [6.07, 6.45) is 7.90. The van der Waals surface area contributed by atoms with Gasteiger partial charge in [0.05, 0.1) is 19.2 Å². The number of aromatic nitrogens is 1. The molecule has 0 spiro atoms. The molecule has 1 aliphatic rings. The predicted octanol–water partition coefficient (Wildman–Crippen LogP) is 3.24. The SMILES string of the molecule is COC(=O)CCc1csc(NCCC2CCCC2)n1. The minimum Gasteiger partial charge on any atom is -0.469 e. The summed E-state index contributed by atoms with van der Waals surface area (Å²) in [6, 6.07) is 0. The van der Waals surface area contributed by atoms with E-state index in [2.05, 4.69) is 15.0 Å². The molecule has 0 amide bonds. The maximum Gasteiger partial charge on any atom is 0.305 e. The first-order chi connectivity index (χ1) is 9.28. The topological polar surface area (TPSA) is 51.2 Å². The van der Waals surface area contributed by atoms with Gasteiger partial charge in [0.15, 0.2) is 5.13 Å². The Bertz CT molecular complexity index is 400. The van der Waals surface area contributed by atoms with Crippen LogP contribution in [-0.2, 0) is 16.0 Å². The maximum atomic E-state index is 11.0. The number of carbonyl (C=O) groups is 1. The van der Waals surface area contributed by atoms with Gasteiger partial charge in [-0.1, -0.05) is 25.7 Å². The molecule has 1 heterocycles. The predicted molar refractivity (Wildman–Crippen MR) is 77.5 cm³/mol. The minimum absolute atomic E-state index is 0.177. The van der Waals surface area contributed by atoms with E-state index in [0.717, 1.165) is 23.3 Å². The molecule has 1 N–H and O–H groups in total. The van der Waals surface area contributed by atoms with Gasteiger partial charge in [-0.25, -0.2) is 4.98 Å². The van der Waals surface area contributed by atoms with Gasteiger partial charge < -0.3 is 10.1 Å². The van der Waals surface area contributed by atoms with Crippen LogP contribution in [0.5, 0.6) is 0 Å². The normalized spacial score (nSPS) is 15.6. The number of nitrogens with one attached hydrogen (secondary N) is 1. The second-order valence-corrected chi connectivity index (χ2v) is 5.94. The molecule has 1 aromatic rings. The van der Waals surface area contributed by atoms with Crippen molar-refractivity contribution in [3.05, 3.63) is 11.1 Å². The molecule has 0 aromatic carbocycles. The average Bonchev–Trinajstić information content (AvgIpc) is 3.07.